The Morgan fingerprint density at radius 2 is 1.78 bits per heavy atom. The number of methoxy groups -OCH3 is 2. The lowest BCUT2D eigenvalue weighted by molar-refractivity contribution is -0.149. The van der Waals surface area contributed by atoms with Gasteiger partial charge in [-0.3, -0.25) is 9.59 Å². The molecule has 7 nitrogen and oxygen atoms in total. The van der Waals surface area contributed by atoms with E-state index in [2.05, 4.69) is 5.32 Å². The van der Waals surface area contributed by atoms with E-state index in [1.54, 1.807) is 50.6 Å². The zero-order valence-corrected chi connectivity index (χ0v) is 23.4. The van der Waals surface area contributed by atoms with Gasteiger partial charge in [0.1, 0.15) is 11.9 Å². The van der Waals surface area contributed by atoms with Crippen molar-refractivity contribution in [2.75, 3.05) is 20.8 Å². The van der Waals surface area contributed by atoms with Crippen LogP contribution < -0.4 is 14.8 Å². The Bertz CT molecular complexity index is 1420. The van der Waals surface area contributed by atoms with Gasteiger partial charge >= 0.3 is 0 Å². The minimum absolute atomic E-state index is 0.0262. The Hall–Kier alpha value is -4.33. The molecule has 8 heteroatoms. The van der Waals surface area contributed by atoms with Crippen LogP contribution in [0.25, 0.3) is 6.08 Å². The van der Waals surface area contributed by atoms with Crippen LogP contribution in [-0.4, -0.2) is 49.6 Å². The molecule has 2 amide bonds. The Balaban J connectivity index is 1.23. The van der Waals surface area contributed by atoms with Gasteiger partial charge in [-0.2, -0.15) is 0 Å². The van der Waals surface area contributed by atoms with Crippen molar-refractivity contribution in [3.05, 3.63) is 101 Å². The van der Waals surface area contributed by atoms with Crippen molar-refractivity contribution >= 4 is 17.9 Å². The highest BCUT2D eigenvalue weighted by molar-refractivity contribution is 5.97. The molecule has 1 saturated heterocycles. The number of morpholine rings is 1. The monoisotopic (exact) mass is 558 g/mol. The first kappa shape index (κ1) is 28.2. The number of nitrogens with zero attached hydrogens (tertiary/aromatic N) is 1. The highest BCUT2D eigenvalue weighted by Gasteiger charge is 2.41. The van der Waals surface area contributed by atoms with E-state index in [1.165, 1.54) is 12.1 Å². The standard InChI is InChI=1S/C33H35FN2O5/c1-39-29-15-12-23(19-30(29)40-2)16-17-35-32(37)25-13-10-22(11-14-25)20-31-33(38)36(21-24-6-5-7-26(34)18-24)27-8-3-4-9-28(27)41-31/h5-7,10-15,18-20,27-28H,3-4,8-9,16-17,21H2,1-2H3,(H,35,37)/b31-20-. The maximum atomic E-state index is 13.8. The van der Waals surface area contributed by atoms with Gasteiger partial charge in [0.25, 0.3) is 11.8 Å². The van der Waals surface area contributed by atoms with Gasteiger partial charge in [-0.25, -0.2) is 4.39 Å². The quantitative estimate of drug-likeness (QED) is 0.350. The van der Waals surface area contributed by atoms with Crippen LogP contribution in [0.4, 0.5) is 4.39 Å². The van der Waals surface area contributed by atoms with Crippen LogP contribution in [0.15, 0.2) is 72.5 Å². The average molecular weight is 559 g/mol. The van der Waals surface area contributed by atoms with Crippen LogP contribution in [0.3, 0.4) is 0 Å². The lowest BCUT2D eigenvalue weighted by Gasteiger charge is -2.44. The lowest BCUT2D eigenvalue weighted by atomic mass is 9.89. The number of hydrogen-bond acceptors (Lipinski definition) is 5. The van der Waals surface area contributed by atoms with E-state index < -0.39 is 0 Å². The summed E-state index contributed by atoms with van der Waals surface area (Å²) in [7, 11) is 3.19. The van der Waals surface area contributed by atoms with Gasteiger partial charge in [0, 0.05) is 18.7 Å². The Labute approximate surface area is 239 Å². The summed E-state index contributed by atoms with van der Waals surface area (Å²) in [5.41, 5.74) is 3.06. The van der Waals surface area contributed by atoms with Crippen molar-refractivity contribution in [3.63, 3.8) is 0 Å². The summed E-state index contributed by atoms with van der Waals surface area (Å²) in [6, 6.07) is 19.1. The van der Waals surface area contributed by atoms with E-state index in [9.17, 15) is 14.0 Å². The molecule has 2 unspecified atom stereocenters. The number of hydrogen-bond donors (Lipinski definition) is 1. The largest absolute Gasteiger partial charge is 0.493 e. The maximum absolute atomic E-state index is 13.8. The first-order chi connectivity index (χ1) is 19.9. The van der Waals surface area contributed by atoms with Crippen molar-refractivity contribution in [2.45, 2.75) is 50.8 Å². The van der Waals surface area contributed by atoms with Gasteiger partial charge in [0.2, 0.25) is 0 Å². The fourth-order valence-corrected chi connectivity index (χ4v) is 5.53. The fraction of sp³-hybridized carbons (Fsp3) is 0.333. The average Bonchev–Trinajstić information content (AvgIpc) is 2.99. The summed E-state index contributed by atoms with van der Waals surface area (Å²) in [5.74, 6) is 0.891. The van der Waals surface area contributed by atoms with Crippen LogP contribution in [0.5, 0.6) is 11.5 Å². The Kier molecular flexibility index (Phi) is 8.87. The molecule has 2 atom stereocenters. The predicted octanol–water partition coefficient (Wildman–Crippen LogP) is 5.53. The molecule has 1 heterocycles. The Morgan fingerprint density at radius 1 is 1.00 bits per heavy atom. The highest BCUT2D eigenvalue weighted by Crippen LogP contribution is 2.34. The molecule has 0 radical (unpaired) electrons. The highest BCUT2D eigenvalue weighted by atomic mass is 19.1. The molecular formula is C33H35FN2O5. The SMILES string of the molecule is COc1ccc(CCNC(=O)c2ccc(/C=C3\OC4CCCCC4N(Cc4cccc(F)c4)C3=O)cc2)cc1OC. The van der Waals surface area contributed by atoms with E-state index in [-0.39, 0.29) is 35.5 Å². The van der Waals surface area contributed by atoms with Gasteiger partial charge in [0.05, 0.1) is 20.3 Å². The number of benzene rings is 3. The third-order valence-corrected chi connectivity index (χ3v) is 7.68. The second kappa shape index (κ2) is 12.9. The first-order valence-electron chi connectivity index (χ1n) is 14.0. The van der Waals surface area contributed by atoms with E-state index in [0.717, 1.165) is 42.4 Å². The molecule has 5 rings (SSSR count). The molecule has 1 N–H and O–H groups in total. The normalized spacial score (nSPS) is 19.3. The summed E-state index contributed by atoms with van der Waals surface area (Å²) < 4.78 is 30.6. The molecule has 0 aromatic heterocycles. The minimum atomic E-state index is -0.316. The molecule has 2 aliphatic rings. The molecule has 41 heavy (non-hydrogen) atoms. The number of halogens is 1. The van der Waals surface area contributed by atoms with Crippen LogP contribution in [0.2, 0.25) is 0 Å². The van der Waals surface area contributed by atoms with Crippen molar-refractivity contribution in [3.8, 4) is 11.5 Å². The molecule has 1 aliphatic carbocycles. The zero-order valence-electron chi connectivity index (χ0n) is 23.4. The van der Waals surface area contributed by atoms with Crippen LogP contribution >= 0.6 is 0 Å². The van der Waals surface area contributed by atoms with Gasteiger partial charge in [0.15, 0.2) is 17.3 Å². The summed E-state index contributed by atoms with van der Waals surface area (Å²) >= 11 is 0. The number of amides is 2. The summed E-state index contributed by atoms with van der Waals surface area (Å²) in [6.45, 7) is 0.799. The summed E-state index contributed by atoms with van der Waals surface area (Å²) in [6.07, 6.45) is 6.11. The number of nitrogens with one attached hydrogen (secondary N) is 1. The van der Waals surface area contributed by atoms with Crippen LogP contribution in [0, 0.1) is 5.82 Å². The number of carbonyl (C=O) groups is 2. The molecule has 1 aliphatic heterocycles. The topological polar surface area (TPSA) is 77.1 Å². The summed E-state index contributed by atoms with van der Waals surface area (Å²) in [4.78, 5) is 28.1. The Morgan fingerprint density at radius 3 is 2.54 bits per heavy atom. The van der Waals surface area contributed by atoms with Crippen molar-refractivity contribution < 1.29 is 28.2 Å². The number of carbonyl (C=O) groups excluding carboxylic acids is 2. The van der Waals surface area contributed by atoms with E-state index in [4.69, 9.17) is 14.2 Å². The second-order valence-corrected chi connectivity index (χ2v) is 10.4. The third kappa shape index (κ3) is 6.70. The van der Waals surface area contributed by atoms with Gasteiger partial charge < -0.3 is 24.4 Å². The minimum Gasteiger partial charge on any atom is -0.493 e. The van der Waals surface area contributed by atoms with Crippen LogP contribution in [0.1, 0.15) is 52.7 Å². The van der Waals surface area contributed by atoms with E-state index >= 15 is 0 Å². The number of fused-ring (bicyclic) bond motifs is 1. The third-order valence-electron chi connectivity index (χ3n) is 7.68. The van der Waals surface area contributed by atoms with E-state index in [0.29, 0.717) is 36.6 Å². The second-order valence-electron chi connectivity index (χ2n) is 10.4. The molecule has 214 valence electrons. The van der Waals surface area contributed by atoms with Crippen molar-refractivity contribution in [2.24, 2.45) is 0 Å². The molecule has 1 saturated carbocycles. The van der Waals surface area contributed by atoms with Crippen molar-refractivity contribution in [1.29, 1.82) is 0 Å². The predicted molar refractivity (Wildman–Crippen MR) is 154 cm³/mol. The smallest absolute Gasteiger partial charge is 0.289 e. The fourth-order valence-electron chi connectivity index (χ4n) is 5.53. The first-order valence-corrected chi connectivity index (χ1v) is 14.0. The molecule has 0 spiro atoms. The zero-order chi connectivity index (χ0) is 28.8. The van der Waals surface area contributed by atoms with Gasteiger partial charge in [-0.1, -0.05) is 36.8 Å². The molecule has 3 aromatic carbocycles. The molecule has 2 fully saturated rings. The number of ether oxygens (including phenoxy) is 3. The van der Waals surface area contributed by atoms with Gasteiger partial charge in [-0.15, -0.1) is 0 Å². The number of rotatable bonds is 9. The van der Waals surface area contributed by atoms with Crippen molar-refractivity contribution in [1.82, 2.24) is 10.2 Å². The maximum Gasteiger partial charge on any atom is 0.289 e. The van der Waals surface area contributed by atoms with Gasteiger partial charge in [-0.05, 0) is 84.8 Å². The lowest BCUT2D eigenvalue weighted by Crippen LogP contribution is -2.54. The molecular weight excluding hydrogens is 523 g/mol. The van der Waals surface area contributed by atoms with Crippen LogP contribution in [-0.2, 0) is 22.5 Å². The van der Waals surface area contributed by atoms with E-state index in [1.807, 2.05) is 29.2 Å². The molecule has 3 aromatic rings. The molecule has 0 bridgehead atoms. The summed E-state index contributed by atoms with van der Waals surface area (Å²) in [5, 5.41) is 2.95.